The van der Waals surface area contributed by atoms with Gasteiger partial charge in [-0.2, -0.15) is 0 Å². The topological polar surface area (TPSA) is 86.8 Å². The zero-order valence-electron chi connectivity index (χ0n) is 19.5. The maximum Gasteiger partial charge on any atom is 0.244 e. The van der Waals surface area contributed by atoms with E-state index in [0.717, 1.165) is 22.5 Å². The lowest BCUT2D eigenvalue weighted by molar-refractivity contribution is -0.140. The zero-order chi connectivity index (χ0) is 24.6. The Morgan fingerprint density at radius 1 is 1.00 bits per heavy atom. The molecule has 2 amide bonds. The van der Waals surface area contributed by atoms with E-state index in [4.69, 9.17) is 0 Å². The number of benzene rings is 2. The third-order valence-electron chi connectivity index (χ3n) is 5.38. The molecule has 2 aromatic carbocycles. The van der Waals surface area contributed by atoms with Crippen LogP contribution in [0.1, 0.15) is 39.2 Å². The average molecular weight is 539 g/mol. The summed E-state index contributed by atoms with van der Waals surface area (Å²) in [7, 11) is -3.76. The van der Waals surface area contributed by atoms with Crippen molar-refractivity contribution in [2.24, 2.45) is 0 Å². The van der Waals surface area contributed by atoms with Gasteiger partial charge in [0.25, 0.3) is 0 Å². The molecule has 0 bridgehead atoms. The van der Waals surface area contributed by atoms with Gasteiger partial charge in [-0.3, -0.25) is 13.9 Å². The van der Waals surface area contributed by atoms with Crippen molar-refractivity contribution < 1.29 is 18.0 Å². The number of nitrogens with one attached hydrogen (secondary N) is 1. The third kappa shape index (κ3) is 7.57. The molecule has 2 atom stereocenters. The average Bonchev–Trinajstić information content (AvgIpc) is 2.77. The predicted molar refractivity (Wildman–Crippen MR) is 135 cm³/mol. The van der Waals surface area contributed by atoms with E-state index in [2.05, 4.69) is 21.2 Å². The number of sulfonamides is 1. The van der Waals surface area contributed by atoms with Gasteiger partial charge in [-0.25, -0.2) is 8.42 Å². The third-order valence-corrected chi connectivity index (χ3v) is 7.18. The molecular formula is C24H32BrN3O4S. The van der Waals surface area contributed by atoms with Crippen molar-refractivity contribution in [3.8, 4) is 0 Å². The number of carbonyl (C=O) groups is 2. The van der Waals surface area contributed by atoms with Crippen molar-refractivity contribution in [3.63, 3.8) is 0 Å². The maximum absolute atomic E-state index is 13.6. The Kier molecular flexibility index (Phi) is 9.91. The number of anilines is 1. The van der Waals surface area contributed by atoms with Crippen LogP contribution in [0.25, 0.3) is 0 Å². The molecule has 180 valence electrons. The highest BCUT2D eigenvalue weighted by Gasteiger charge is 2.32. The first-order valence-electron chi connectivity index (χ1n) is 10.9. The second kappa shape index (κ2) is 12.2. The maximum atomic E-state index is 13.6. The lowest BCUT2D eigenvalue weighted by atomic mass is 10.1. The van der Waals surface area contributed by atoms with Gasteiger partial charge in [0.15, 0.2) is 0 Å². The number of carbonyl (C=O) groups excluding carboxylic acids is 2. The van der Waals surface area contributed by atoms with Crippen LogP contribution in [-0.4, -0.2) is 50.0 Å². The summed E-state index contributed by atoms with van der Waals surface area (Å²) in [5, 5.41) is 2.95. The minimum Gasteiger partial charge on any atom is -0.352 e. The minimum atomic E-state index is -3.76. The SMILES string of the molecule is CC[C@H](C(=O)N[C@@H](C)CC)N(Cc1ccccc1)C(=O)CN(c1ccccc1Br)S(C)(=O)=O. The van der Waals surface area contributed by atoms with Crippen LogP contribution in [0.4, 0.5) is 5.69 Å². The number of halogens is 1. The van der Waals surface area contributed by atoms with Crippen LogP contribution in [0.5, 0.6) is 0 Å². The Hall–Kier alpha value is -2.39. The fraction of sp³-hybridized carbons (Fsp3) is 0.417. The van der Waals surface area contributed by atoms with Gasteiger partial charge in [-0.15, -0.1) is 0 Å². The quantitative estimate of drug-likeness (QED) is 0.470. The van der Waals surface area contributed by atoms with E-state index in [-0.39, 0.29) is 18.5 Å². The fourth-order valence-corrected chi connectivity index (χ4v) is 4.87. The van der Waals surface area contributed by atoms with E-state index in [0.29, 0.717) is 16.6 Å². The molecule has 0 saturated carbocycles. The van der Waals surface area contributed by atoms with Crippen LogP contribution < -0.4 is 9.62 Å². The molecule has 2 rings (SSSR count). The monoisotopic (exact) mass is 537 g/mol. The zero-order valence-corrected chi connectivity index (χ0v) is 21.9. The van der Waals surface area contributed by atoms with Gasteiger partial charge in [0.05, 0.1) is 11.9 Å². The van der Waals surface area contributed by atoms with Crippen molar-refractivity contribution >= 4 is 43.5 Å². The standard InChI is InChI=1S/C24H32BrN3O4S/c1-5-18(3)26-24(30)21(6-2)27(16-19-12-8-7-9-13-19)23(29)17-28(33(4,31)32)22-15-11-10-14-20(22)25/h7-15,18,21H,5-6,16-17H2,1-4H3,(H,26,30)/t18-,21+/m0/s1. The van der Waals surface area contributed by atoms with E-state index in [1.807, 2.05) is 51.1 Å². The summed E-state index contributed by atoms with van der Waals surface area (Å²) < 4.78 is 26.8. The summed E-state index contributed by atoms with van der Waals surface area (Å²) in [5.41, 5.74) is 1.22. The second-order valence-electron chi connectivity index (χ2n) is 7.97. The van der Waals surface area contributed by atoms with E-state index in [1.54, 1.807) is 24.3 Å². The summed E-state index contributed by atoms with van der Waals surface area (Å²) in [4.78, 5) is 28.1. The molecule has 0 saturated heterocycles. The number of rotatable bonds is 11. The molecule has 0 unspecified atom stereocenters. The summed E-state index contributed by atoms with van der Waals surface area (Å²) in [5.74, 6) is -0.700. The van der Waals surface area contributed by atoms with Gasteiger partial charge >= 0.3 is 0 Å². The largest absolute Gasteiger partial charge is 0.352 e. The van der Waals surface area contributed by atoms with Crippen molar-refractivity contribution in [2.75, 3.05) is 17.1 Å². The van der Waals surface area contributed by atoms with Crippen molar-refractivity contribution in [1.29, 1.82) is 0 Å². The molecule has 0 aliphatic heterocycles. The van der Waals surface area contributed by atoms with Gasteiger partial charge in [-0.1, -0.05) is 56.3 Å². The van der Waals surface area contributed by atoms with Crippen LogP contribution in [0.15, 0.2) is 59.1 Å². The summed E-state index contributed by atoms with van der Waals surface area (Å²) in [6, 6.07) is 15.4. The second-order valence-corrected chi connectivity index (χ2v) is 10.7. The first kappa shape index (κ1) is 26.9. The minimum absolute atomic E-state index is 0.0342. The van der Waals surface area contributed by atoms with E-state index < -0.39 is 28.5 Å². The molecule has 7 nitrogen and oxygen atoms in total. The van der Waals surface area contributed by atoms with Gasteiger partial charge < -0.3 is 10.2 Å². The van der Waals surface area contributed by atoms with Crippen molar-refractivity contribution in [1.82, 2.24) is 10.2 Å². The Labute approximate surface area is 205 Å². The van der Waals surface area contributed by atoms with Crippen LogP contribution in [0.2, 0.25) is 0 Å². The molecule has 0 aliphatic carbocycles. The van der Waals surface area contributed by atoms with Gasteiger partial charge in [-0.05, 0) is 53.4 Å². The molecular weight excluding hydrogens is 506 g/mol. The number of hydrogen-bond acceptors (Lipinski definition) is 4. The van der Waals surface area contributed by atoms with Crippen LogP contribution >= 0.6 is 15.9 Å². The van der Waals surface area contributed by atoms with Crippen LogP contribution in [-0.2, 0) is 26.2 Å². The van der Waals surface area contributed by atoms with Crippen LogP contribution in [0.3, 0.4) is 0 Å². The molecule has 1 N–H and O–H groups in total. The number of nitrogens with zero attached hydrogens (tertiary/aromatic N) is 2. The fourth-order valence-electron chi connectivity index (χ4n) is 3.39. The lowest BCUT2D eigenvalue weighted by Gasteiger charge is -2.33. The Morgan fingerprint density at radius 3 is 2.15 bits per heavy atom. The van der Waals surface area contributed by atoms with E-state index in [1.165, 1.54) is 4.90 Å². The van der Waals surface area contributed by atoms with Crippen molar-refractivity contribution in [2.45, 2.75) is 52.2 Å². The Bertz CT molecular complexity index is 1050. The normalized spacial score (nSPS) is 13.1. The molecule has 0 aliphatic rings. The number of hydrogen-bond donors (Lipinski definition) is 1. The molecule has 0 aromatic heterocycles. The highest BCUT2D eigenvalue weighted by molar-refractivity contribution is 9.10. The summed E-state index contributed by atoms with van der Waals surface area (Å²) >= 11 is 3.38. The molecule has 9 heteroatoms. The summed E-state index contributed by atoms with van der Waals surface area (Å²) in [6.45, 7) is 5.50. The first-order chi connectivity index (χ1) is 15.6. The Balaban J connectivity index is 2.42. The summed E-state index contributed by atoms with van der Waals surface area (Å²) in [6.07, 6.45) is 2.22. The number of para-hydroxylation sites is 1. The smallest absolute Gasteiger partial charge is 0.244 e. The van der Waals surface area contributed by atoms with Gasteiger partial charge in [0, 0.05) is 17.1 Å². The van der Waals surface area contributed by atoms with Crippen LogP contribution in [0, 0.1) is 0 Å². The Morgan fingerprint density at radius 2 is 1.61 bits per heavy atom. The lowest BCUT2D eigenvalue weighted by Crippen LogP contribution is -2.53. The molecule has 2 aromatic rings. The van der Waals surface area contributed by atoms with E-state index >= 15 is 0 Å². The number of amides is 2. The highest BCUT2D eigenvalue weighted by atomic mass is 79.9. The molecule has 33 heavy (non-hydrogen) atoms. The molecule has 0 spiro atoms. The van der Waals surface area contributed by atoms with Gasteiger partial charge in [0.1, 0.15) is 12.6 Å². The molecule has 0 heterocycles. The van der Waals surface area contributed by atoms with Gasteiger partial charge in [0.2, 0.25) is 21.8 Å². The van der Waals surface area contributed by atoms with E-state index in [9.17, 15) is 18.0 Å². The molecule has 0 radical (unpaired) electrons. The first-order valence-corrected chi connectivity index (χ1v) is 13.6. The molecule has 0 fully saturated rings. The van der Waals surface area contributed by atoms with Crippen molar-refractivity contribution in [3.05, 3.63) is 64.6 Å². The predicted octanol–water partition coefficient (Wildman–Crippen LogP) is 3.94. The highest BCUT2D eigenvalue weighted by Crippen LogP contribution is 2.28.